The van der Waals surface area contributed by atoms with Crippen LogP contribution in [0.15, 0.2) is 48.7 Å². The Labute approximate surface area is 109 Å². The molecule has 0 aliphatic rings. The van der Waals surface area contributed by atoms with Crippen molar-refractivity contribution in [2.24, 2.45) is 0 Å². The van der Waals surface area contributed by atoms with Crippen molar-refractivity contribution in [2.45, 2.75) is 0 Å². The quantitative estimate of drug-likeness (QED) is 0.787. The molecule has 6 heteroatoms. The van der Waals surface area contributed by atoms with Crippen LogP contribution in [0.2, 0.25) is 0 Å². The van der Waals surface area contributed by atoms with Gasteiger partial charge in [-0.05, 0) is 36.4 Å². The minimum atomic E-state index is -1.13. The number of rotatable bonds is 3. The van der Waals surface area contributed by atoms with Gasteiger partial charge in [0.15, 0.2) is 0 Å². The van der Waals surface area contributed by atoms with Gasteiger partial charge in [-0.1, -0.05) is 6.07 Å². The fourth-order valence-corrected chi connectivity index (χ4v) is 1.45. The maximum atomic E-state index is 11.8. The average Bonchev–Trinajstić information content (AvgIpc) is 2.41. The van der Waals surface area contributed by atoms with Crippen molar-refractivity contribution in [3.8, 4) is 0 Å². The Morgan fingerprint density at radius 1 is 0.947 bits per heavy atom. The molecule has 96 valence electrons. The molecule has 0 aliphatic heterocycles. The minimum Gasteiger partial charge on any atom is -0.465 e. The molecule has 0 atom stereocenters. The first-order valence-electron chi connectivity index (χ1n) is 5.47. The molecule has 0 radical (unpaired) electrons. The first-order chi connectivity index (χ1) is 9.15. The van der Waals surface area contributed by atoms with Gasteiger partial charge in [-0.25, -0.2) is 4.79 Å². The topological polar surface area (TPSA) is 91.3 Å². The van der Waals surface area contributed by atoms with Crippen molar-refractivity contribution in [1.29, 1.82) is 0 Å². The van der Waals surface area contributed by atoms with E-state index in [1.165, 1.54) is 6.20 Å². The van der Waals surface area contributed by atoms with Crippen LogP contribution in [-0.2, 0) is 0 Å². The van der Waals surface area contributed by atoms with Gasteiger partial charge in [0, 0.05) is 17.6 Å². The zero-order valence-electron chi connectivity index (χ0n) is 9.83. The van der Waals surface area contributed by atoms with E-state index < -0.39 is 6.09 Å². The first-order valence-corrected chi connectivity index (χ1v) is 5.47. The molecule has 19 heavy (non-hydrogen) atoms. The molecule has 2 aromatic rings. The molecule has 6 nitrogen and oxygen atoms in total. The van der Waals surface area contributed by atoms with Crippen LogP contribution in [0.3, 0.4) is 0 Å². The maximum absolute atomic E-state index is 11.8. The second kappa shape index (κ2) is 5.63. The molecule has 0 unspecified atom stereocenters. The van der Waals surface area contributed by atoms with Crippen LogP contribution in [0.4, 0.5) is 16.2 Å². The second-order valence-corrected chi connectivity index (χ2v) is 3.68. The summed E-state index contributed by atoms with van der Waals surface area (Å²) in [6.45, 7) is 0. The van der Waals surface area contributed by atoms with Crippen molar-refractivity contribution >= 4 is 23.4 Å². The second-order valence-electron chi connectivity index (χ2n) is 3.68. The van der Waals surface area contributed by atoms with E-state index in [4.69, 9.17) is 5.11 Å². The van der Waals surface area contributed by atoms with E-state index in [-0.39, 0.29) is 5.91 Å². The molecule has 0 fully saturated rings. The number of nitrogens with one attached hydrogen (secondary N) is 2. The fraction of sp³-hybridized carbons (Fsp3) is 0. The summed E-state index contributed by atoms with van der Waals surface area (Å²) in [6.07, 6.45) is 0.402. The Morgan fingerprint density at radius 3 is 2.11 bits per heavy atom. The highest BCUT2D eigenvalue weighted by Gasteiger charge is 2.06. The molecule has 0 aliphatic carbocycles. The number of aromatic nitrogens is 1. The van der Waals surface area contributed by atoms with Gasteiger partial charge in [0.1, 0.15) is 5.69 Å². The van der Waals surface area contributed by atoms with E-state index in [1.807, 2.05) is 0 Å². The van der Waals surface area contributed by atoms with Crippen LogP contribution in [-0.4, -0.2) is 22.1 Å². The van der Waals surface area contributed by atoms with Crippen LogP contribution in [0, 0.1) is 0 Å². The van der Waals surface area contributed by atoms with Gasteiger partial charge in [-0.2, -0.15) is 0 Å². The zero-order valence-corrected chi connectivity index (χ0v) is 9.83. The van der Waals surface area contributed by atoms with Gasteiger partial charge in [-0.3, -0.25) is 15.1 Å². The standard InChI is InChI=1S/C13H11N3O3/c17-12(11-3-1-2-8-14-11)15-9-4-6-10(7-5-9)16-13(18)19/h1-8,16H,(H,15,17)(H,18,19). The summed E-state index contributed by atoms with van der Waals surface area (Å²) in [5.41, 5.74) is 1.31. The Kier molecular flexibility index (Phi) is 3.72. The van der Waals surface area contributed by atoms with Crippen molar-refractivity contribution in [3.05, 3.63) is 54.4 Å². The smallest absolute Gasteiger partial charge is 0.409 e. The van der Waals surface area contributed by atoms with Crippen LogP contribution < -0.4 is 10.6 Å². The lowest BCUT2D eigenvalue weighted by molar-refractivity contribution is 0.102. The molecule has 1 heterocycles. The molecule has 1 aromatic heterocycles. The third-order valence-corrected chi connectivity index (χ3v) is 2.29. The van der Waals surface area contributed by atoms with Gasteiger partial charge >= 0.3 is 6.09 Å². The fourth-order valence-electron chi connectivity index (χ4n) is 1.45. The molecule has 2 amide bonds. The minimum absolute atomic E-state index is 0.315. The normalized spacial score (nSPS) is 9.68. The molecule has 3 N–H and O–H groups in total. The van der Waals surface area contributed by atoms with Gasteiger partial charge in [-0.15, -0.1) is 0 Å². The van der Waals surface area contributed by atoms with Gasteiger partial charge < -0.3 is 10.4 Å². The van der Waals surface area contributed by atoms with Crippen LogP contribution in [0.1, 0.15) is 10.5 Å². The lowest BCUT2D eigenvalue weighted by Gasteiger charge is -2.06. The predicted octanol–water partition coefficient (Wildman–Crippen LogP) is 2.42. The largest absolute Gasteiger partial charge is 0.465 e. The predicted molar refractivity (Wildman–Crippen MR) is 70.3 cm³/mol. The maximum Gasteiger partial charge on any atom is 0.409 e. The summed E-state index contributed by atoms with van der Waals surface area (Å²) in [5.74, 6) is -0.320. The monoisotopic (exact) mass is 257 g/mol. The molecule has 0 saturated carbocycles. The number of amides is 2. The molecular formula is C13H11N3O3. The highest BCUT2D eigenvalue weighted by Crippen LogP contribution is 2.14. The molecule has 0 saturated heterocycles. The molecule has 1 aromatic carbocycles. The van der Waals surface area contributed by atoms with E-state index in [9.17, 15) is 9.59 Å². The number of carbonyl (C=O) groups excluding carboxylic acids is 1. The van der Waals surface area contributed by atoms with Gasteiger partial charge in [0.2, 0.25) is 0 Å². The van der Waals surface area contributed by atoms with Crippen LogP contribution in [0.5, 0.6) is 0 Å². The first kappa shape index (κ1) is 12.6. The molecular weight excluding hydrogens is 246 g/mol. The van der Waals surface area contributed by atoms with Gasteiger partial charge in [0.05, 0.1) is 0 Å². The number of carbonyl (C=O) groups is 2. The average molecular weight is 257 g/mol. The lowest BCUT2D eigenvalue weighted by atomic mass is 10.2. The molecule has 0 bridgehead atoms. The van der Waals surface area contributed by atoms with Crippen molar-refractivity contribution in [2.75, 3.05) is 10.6 Å². The van der Waals surface area contributed by atoms with E-state index in [2.05, 4.69) is 15.6 Å². The molecule has 2 rings (SSSR count). The summed E-state index contributed by atoms with van der Waals surface area (Å²) in [6, 6.07) is 11.4. The lowest BCUT2D eigenvalue weighted by Crippen LogP contribution is -2.13. The number of pyridine rings is 1. The summed E-state index contributed by atoms with van der Waals surface area (Å²) >= 11 is 0. The van der Waals surface area contributed by atoms with Crippen molar-refractivity contribution < 1.29 is 14.7 Å². The highest BCUT2D eigenvalue weighted by molar-refractivity contribution is 6.02. The number of nitrogens with zero attached hydrogens (tertiary/aromatic N) is 1. The number of benzene rings is 1. The van der Waals surface area contributed by atoms with Crippen LogP contribution >= 0.6 is 0 Å². The van der Waals surface area contributed by atoms with E-state index in [0.717, 1.165) is 0 Å². The number of hydrogen-bond donors (Lipinski definition) is 3. The van der Waals surface area contributed by atoms with Crippen molar-refractivity contribution in [3.63, 3.8) is 0 Å². The third-order valence-electron chi connectivity index (χ3n) is 2.29. The third kappa shape index (κ3) is 3.53. The Bertz CT molecular complexity index is 582. The summed E-state index contributed by atoms with van der Waals surface area (Å²) in [4.78, 5) is 26.2. The number of carboxylic acid groups (broad SMARTS) is 1. The number of hydrogen-bond acceptors (Lipinski definition) is 3. The zero-order chi connectivity index (χ0) is 13.7. The summed E-state index contributed by atoms with van der Waals surface area (Å²) in [7, 11) is 0. The number of anilines is 2. The SMILES string of the molecule is O=C(O)Nc1ccc(NC(=O)c2ccccn2)cc1. The highest BCUT2D eigenvalue weighted by atomic mass is 16.4. The van der Waals surface area contributed by atoms with E-state index in [1.54, 1.807) is 42.5 Å². The van der Waals surface area contributed by atoms with E-state index >= 15 is 0 Å². The van der Waals surface area contributed by atoms with Crippen molar-refractivity contribution in [1.82, 2.24) is 4.98 Å². The Hall–Kier alpha value is -2.89. The van der Waals surface area contributed by atoms with Crippen LogP contribution in [0.25, 0.3) is 0 Å². The summed E-state index contributed by atoms with van der Waals surface area (Å²) in [5, 5.41) is 13.4. The Morgan fingerprint density at radius 2 is 1.58 bits per heavy atom. The van der Waals surface area contributed by atoms with Gasteiger partial charge in [0.25, 0.3) is 5.91 Å². The van der Waals surface area contributed by atoms with E-state index in [0.29, 0.717) is 17.1 Å². The Balaban J connectivity index is 2.04. The molecule has 0 spiro atoms. The summed E-state index contributed by atoms with van der Waals surface area (Å²) < 4.78 is 0.